The number of benzene rings is 2. The molecular formula is C80H140N2. The van der Waals surface area contributed by atoms with E-state index in [-0.39, 0.29) is 0 Å². The van der Waals surface area contributed by atoms with Crippen molar-refractivity contribution in [3.63, 3.8) is 0 Å². The van der Waals surface area contributed by atoms with Crippen LogP contribution in [0, 0.1) is 0 Å². The van der Waals surface area contributed by atoms with E-state index in [0.29, 0.717) is 0 Å². The van der Waals surface area contributed by atoms with Crippen LogP contribution in [0.2, 0.25) is 0 Å². The summed E-state index contributed by atoms with van der Waals surface area (Å²) < 4.78 is 0. The van der Waals surface area contributed by atoms with Crippen LogP contribution in [0.4, 0.5) is 11.4 Å². The van der Waals surface area contributed by atoms with Crippen LogP contribution >= 0.6 is 0 Å². The van der Waals surface area contributed by atoms with E-state index in [1.165, 1.54) is 344 Å². The molecule has 0 N–H and O–H groups in total. The molecule has 0 aliphatic rings. The first-order valence-electron chi connectivity index (χ1n) is 37.3. The Morgan fingerprint density at radius 2 is 0.427 bits per heavy atom. The average Bonchev–Trinajstić information content (AvgIpc) is 3.50. The molecule has 0 saturated heterocycles. The Morgan fingerprint density at radius 1 is 0.232 bits per heavy atom. The molecule has 2 rings (SSSR count). The van der Waals surface area contributed by atoms with Crippen LogP contribution in [0.1, 0.15) is 398 Å². The van der Waals surface area contributed by atoms with E-state index in [1.807, 2.05) is 0 Å². The maximum absolute atomic E-state index is 5.30. The minimum absolute atomic E-state index is 0.984. The lowest BCUT2D eigenvalue weighted by molar-refractivity contribution is 0.519. The average molecular weight is 1130 g/mol. The van der Waals surface area contributed by atoms with Crippen molar-refractivity contribution in [3.05, 3.63) is 84.0 Å². The number of hydrogen-bond donors (Lipinski definition) is 0. The highest BCUT2D eigenvalue weighted by Gasteiger charge is 2.11. The zero-order chi connectivity index (χ0) is 58.4. The summed E-state index contributed by atoms with van der Waals surface area (Å²) in [6.45, 7) is 9.19. The Labute approximate surface area is 514 Å². The summed E-state index contributed by atoms with van der Waals surface area (Å²) in [7, 11) is 0. The van der Waals surface area contributed by atoms with Gasteiger partial charge in [-0.05, 0) is 125 Å². The highest BCUT2D eigenvalue weighted by atomic mass is 14.8. The molecule has 0 aliphatic carbocycles. The van der Waals surface area contributed by atoms with E-state index in [4.69, 9.17) is 9.98 Å². The highest BCUT2D eigenvalue weighted by Crippen LogP contribution is 2.23. The normalized spacial score (nSPS) is 12.3. The van der Waals surface area contributed by atoms with Crippen molar-refractivity contribution in [3.8, 4) is 0 Å². The molecule has 0 heterocycles. The van der Waals surface area contributed by atoms with E-state index < -0.39 is 0 Å². The number of rotatable bonds is 63. The molecule has 0 fully saturated rings. The number of aryl methyl sites for hydroxylation is 2. The van der Waals surface area contributed by atoms with Crippen LogP contribution in [0.15, 0.2) is 82.8 Å². The summed E-state index contributed by atoms with van der Waals surface area (Å²) in [5, 5.41) is 0. The van der Waals surface area contributed by atoms with Crippen molar-refractivity contribution in [1.29, 1.82) is 0 Å². The maximum atomic E-state index is 5.30. The topological polar surface area (TPSA) is 24.7 Å². The van der Waals surface area contributed by atoms with Crippen LogP contribution in [0.5, 0.6) is 0 Å². The zero-order valence-electron chi connectivity index (χ0n) is 55.8. The third kappa shape index (κ3) is 49.5. The molecule has 2 nitrogen and oxygen atoms in total. The standard InChI is InChI=1S/C80H140N2/c1-5-9-13-15-17-19-21-23-25-27-29-31-33-35-37-39-41-43-45-47-49-51-53-55-57-59-61-63-75-67-71-77(72-68-75)81-79(65-11-7-3)80(66-12-8-4)82-78-73-69-76(70-74-78)64-62-60-58-56-54-52-50-48-46-44-42-40-38-36-34-32-30-28-26-24-22-20-18-16-14-10-6-2/h55-58,67-74H,5-54,59-66H2,1-4H3/b57-55+,58-56+,81-79?,82-80?. The second kappa shape index (κ2) is 61.4. The van der Waals surface area contributed by atoms with Crippen LogP contribution in [-0.4, -0.2) is 11.4 Å². The highest BCUT2D eigenvalue weighted by molar-refractivity contribution is 6.43. The lowest BCUT2D eigenvalue weighted by Gasteiger charge is -2.11. The first-order valence-corrected chi connectivity index (χ1v) is 37.3. The number of hydrogen-bond acceptors (Lipinski definition) is 2. The Hall–Kier alpha value is -2.74. The summed E-state index contributed by atoms with van der Waals surface area (Å²) >= 11 is 0. The van der Waals surface area contributed by atoms with Gasteiger partial charge in [0.1, 0.15) is 0 Å². The molecule has 0 aromatic heterocycles. The molecule has 0 amide bonds. The van der Waals surface area contributed by atoms with Gasteiger partial charge in [0.25, 0.3) is 0 Å². The first-order chi connectivity index (χ1) is 40.7. The SMILES string of the molecule is CCCCCCCCCCCCCCCCCCCCCCCC/C=C/CCCc1ccc(N=C(CCCC)C(CCCC)=Nc2ccc(CCC/C=C/CCCCCCCCCCCCCCCCCCCCCCCC)cc2)cc1. The molecule has 0 radical (unpaired) electrons. The fraction of sp³-hybridized carbons (Fsp3) is 0.775. The van der Waals surface area contributed by atoms with Gasteiger partial charge in [0.2, 0.25) is 0 Å². The van der Waals surface area contributed by atoms with E-state index in [0.717, 1.165) is 62.7 Å². The van der Waals surface area contributed by atoms with E-state index >= 15 is 0 Å². The van der Waals surface area contributed by atoms with Crippen molar-refractivity contribution in [2.24, 2.45) is 9.98 Å². The van der Waals surface area contributed by atoms with Crippen LogP contribution in [-0.2, 0) is 12.8 Å². The molecule has 82 heavy (non-hydrogen) atoms. The smallest absolute Gasteiger partial charge is 0.0633 e. The predicted molar refractivity (Wildman–Crippen MR) is 374 cm³/mol. The van der Waals surface area contributed by atoms with Gasteiger partial charge in [-0.25, -0.2) is 0 Å². The summed E-state index contributed by atoms with van der Waals surface area (Å²) in [6.07, 6.45) is 89.7. The van der Waals surface area contributed by atoms with E-state index in [9.17, 15) is 0 Å². The first kappa shape index (κ1) is 75.4. The molecular weight excluding hydrogens is 989 g/mol. The van der Waals surface area contributed by atoms with Gasteiger partial charge < -0.3 is 0 Å². The van der Waals surface area contributed by atoms with Gasteiger partial charge in [0.15, 0.2) is 0 Å². The van der Waals surface area contributed by atoms with Crippen molar-refractivity contribution in [2.45, 2.75) is 400 Å². The summed E-state index contributed by atoms with van der Waals surface area (Å²) in [5.74, 6) is 0. The molecule has 0 unspecified atom stereocenters. The molecule has 470 valence electrons. The third-order valence-electron chi connectivity index (χ3n) is 17.7. The monoisotopic (exact) mass is 1130 g/mol. The fourth-order valence-corrected chi connectivity index (χ4v) is 12.1. The van der Waals surface area contributed by atoms with Crippen molar-refractivity contribution in [2.75, 3.05) is 0 Å². The summed E-state index contributed by atoms with van der Waals surface area (Å²) in [5.41, 5.74) is 7.32. The largest absolute Gasteiger partial charge is 0.252 e. The zero-order valence-corrected chi connectivity index (χ0v) is 55.8. The Morgan fingerprint density at radius 3 is 0.646 bits per heavy atom. The van der Waals surface area contributed by atoms with Crippen LogP contribution < -0.4 is 0 Å². The van der Waals surface area contributed by atoms with Gasteiger partial charge in [0, 0.05) is 0 Å². The molecule has 2 heteroatoms. The van der Waals surface area contributed by atoms with Crippen LogP contribution in [0.3, 0.4) is 0 Å². The number of aliphatic imine (C=N–C) groups is 2. The number of nitrogens with zero attached hydrogens (tertiary/aromatic N) is 2. The van der Waals surface area contributed by atoms with Gasteiger partial charge in [-0.2, -0.15) is 0 Å². The van der Waals surface area contributed by atoms with Crippen LogP contribution in [0.25, 0.3) is 0 Å². The van der Waals surface area contributed by atoms with E-state index in [2.05, 4.69) is 101 Å². The van der Waals surface area contributed by atoms with Gasteiger partial charge in [-0.3, -0.25) is 9.98 Å². The molecule has 0 atom stereocenters. The second-order valence-electron chi connectivity index (χ2n) is 25.8. The van der Waals surface area contributed by atoms with Gasteiger partial charge >= 0.3 is 0 Å². The minimum Gasteiger partial charge on any atom is -0.252 e. The Kier molecular flexibility index (Phi) is 56.4. The molecule has 0 spiro atoms. The fourth-order valence-electron chi connectivity index (χ4n) is 12.1. The summed E-state index contributed by atoms with van der Waals surface area (Å²) in [6, 6.07) is 18.2. The van der Waals surface area contributed by atoms with Crippen molar-refractivity contribution in [1.82, 2.24) is 0 Å². The quantitative estimate of drug-likeness (QED) is 0.0358. The number of allylic oxidation sites excluding steroid dienone is 4. The third-order valence-corrected chi connectivity index (χ3v) is 17.7. The van der Waals surface area contributed by atoms with E-state index in [1.54, 1.807) is 0 Å². The molecule has 0 bridgehead atoms. The molecule has 0 aliphatic heterocycles. The predicted octanol–water partition coefficient (Wildman–Crippen LogP) is 28.7. The lowest BCUT2D eigenvalue weighted by atomic mass is 10.0. The number of unbranched alkanes of at least 4 members (excludes halogenated alkanes) is 48. The van der Waals surface area contributed by atoms with Gasteiger partial charge in [0.05, 0.1) is 22.8 Å². The van der Waals surface area contributed by atoms with Gasteiger partial charge in [-0.15, -0.1) is 0 Å². The second-order valence-corrected chi connectivity index (χ2v) is 25.8. The maximum Gasteiger partial charge on any atom is 0.0633 e. The molecule has 2 aromatic rings. The minimum atomic E-state index is 0.984. The Balaban J connectivity index is 1.52. The molecule has 2 aromatic carbocycles. The molecule has 0 saturated carbocycles. The van der Waals surface area contributed by atoms with Gasteiger partial charge in [-0.1, -0.05) is 359 Å². The van der Waals surface area contributed by atoms with Crippen molar-refractivity contribution >= 4 is 22.8 Å². The lowest BCUT2D eigenvalue weighted by Crippen LogP contribution is -2.14. The Bertz CT molecular complexity index is 1580. The summed E-state index contributed by atoms with van der Waals surface area (Å²) in [4.78, 5) is 10.6. The van der Waals surface area contributed by atoms with Crippen molar-refractivity contribution < 1.29 is 0 Å².